The largest absolute Gasteiger partial charge is 0.507 e. The zero-order chi connectivity index (χ0) is 19.8. The van der Waals surface area contributed by atoms with Gasteiger partial charge in [-0.25, -0.2) is 0 Å². The lowest BCUT2D eigenvalue weighted by molar-refractivity contribution is -0.132. The quantitative estimate of drug-likeness (QED) is 0.398. The number of ketones is 1. The van der Waals surface area contributed by atoms with Crippen molar-refractivity contribution in [2.45, 2.75) is 13.0 Å². The molecule has 8 heteroatoms. The summed E-state index contributed by atoms with van der Waals surface area (Å²) in [7, 11) is 0. The normalized spacial score (nSPS) is 18.6. The molecular formula is C20H14ClN3O3S. The number of benzene rings is 2. The maximum atomic E-state index is 12.9. The van der Waals surface area contributed by atoms with Crippen LogP contribution in [-0.2, 0) is 9.59 Å². The number of amides is 1. The third-order valence-electron chi connectivity index (χ3n) is 4.40. The number of rotatable bonds is 3. The van der Waals surface area contributed by atoms with Gasteiger partial charge in [-0.2, -0.15) is 0 Å². The highest BCUT2D eigenvalue weighted by Crippen LogP contribution is 2.42. The first-order valence-corrected chi connectivity index (χ1v) is 9.59. The number of nitrogens with zero attached hydrogens (tertiary/aromatic N) is 3. The number of carbonyl (C=O) groups excluding carboxylic acids is 2. The number of aliphatic hydroxyl groups is 1. The van der Waals surface area contributed by atoms with E-state index in [9.17, 15) is 14.7 Å². The van der Waals surface area contributed by atoms with Crippen LogP contribution in [0.2, 0.25) is 5.02 Å². The Labute approximate surface area is 169 Å². The average molecular weight is 412 g/mol. The topological polar surface area (TPSA) is 83.4 Å². The minimum Gasteiger partial charge on any atom is -0.507 e. The number of aryl methyl sites for hydroxylation is 1. The van der Waals surface area contributed by atoms with Crippen LogP contribution < -0.4 is 4.90 Å². The van der Waals surface area contributed by atoms with Crippen LogP contribution in [0.25, 0.3) is 5.76 Å². The summed E-state index contributed by atoms with van der Waals surface area (Å²) in [6, 6.07) is 14.7. The molecule has 1 N–H and O–H groups in total. The highest BCUT2D eigenvalue weighted by molar-refractivity contribution is 7.15. The first kappa shape index (κ1) is 18.3. The molecule has 0 saturated carbocycles. The Morgan fingerprint density at radius 1 is 1.07 bits per heavy atom. The summed E-state index contributed by atoms with van der Waals surface area (Å²) < 4.78 is 0. The summed E-state index contributed by atoms with van der Waals surface area (Å²) in [6.45, 7) is 1.77. The van der Waals surface area contributed by atoms with Gasteiger partial charge in [0.15, 0.2) is 0 Å². The second-order valence-corrected chi connectivity index (χ2v) is 7.79. The van der Waals surface area contributed by atoms with Gasteiger partial charge < -0.3 is 5.11 Å². The SMILES string of the molecule is Cc1nnc(N2C(=O)C(=O)C(=C(O)c3ccc(Cl)cc3)[C@@H]2c2ccccc2)s1. The van der Waals surface area contributed by atoms with E-state index in [1.807, 2.05) is 18.2 Å². The molecule has 1 saturated heterocycles. The lowest BCUT2D eigenvalue weighted by atomic mass is 9.95. The Balaban J connectivity index is 1.93. The summed E-state index contributed by atoms with van der Waals surface area (Å²) >= 11 is 7.13. The second-order valence-electron chi connectivity index (χ2n) is 6.19. The Hall–Kier alpha value is -3.03. The van der Waals surface area contributed by atoms with Crippen LogP contribution in [0, 0.1) is 6.92 Å². The highest BCUT2D eigenvalue weighted by Gasteiger charge is 2.48. The standard InChI is InChI=1S/C20H14ClN3O3S/c1-11-22-23-20(28-11)24-16(12-5-3-2-4-6-12)15(18(26)19(24)27)17(25)13-7-9-14(21)10-8-13/h2-10,16,25H,1H3/t16-/m0/s1. The van der Waals surface area contributed by atoms with Crippen LogP contribution in [-0.4, -0.2) is 27.0 Å². The second kappa shape index (κ2) is 7.18. The smallest absolute Gasteiger partial charge is 0.301 e. The fraction of sp³-hybridized carbons (Fsp3) is 0.100. The lowest BCUT2D eigenvalue weighted by Gasteiger charge is -2.22. The van der Waals surface area contributed by atoms with Crippen molar-refractivity contribution in [1.82, 2.24) is 10.2 Å². The van der Waals surface area contributed by atoms with Crippen molar-refractivity contribution in [1.29, 1.82) is 0 Å². The molecule has 0 aliphatic carbocycles. The Kier molecular flexibility index (Phi) is 4.70. The van der Waals surface area contributed by atoms with Crippen molar-refractivity contribution in [3.8, 4) is 0 Å². The van der Waals surface area contributed by atoms with Gasteiger partial charge in [0.05, 0.1) is 11.6 Å². The third kappa shape index (κ3) is 3.08. The van der Waals surface area contributed by atoms with Gasteiger partial charge in [0.1, 0.15) is 10.8 Å². The number of hydrogen-bond donors (Lipinski definition) is 1. The van der Waals surface area contributed by atoms with Crippen molar-refractivity contribution in [2.24, 2.45) is 0 Å². The van der Waals surface area contributed by atoms with Gasteiger partial charge in [-0.05, 0) is 36.8 Å². The van der Waals surface area contributed by atoms with Crippen LogP contribution >= 0.6 is 22.9 Å². The maximum absolute atomic E-state index is 12.9. The van der Waals surface area contributed by atoms with E-state index >= 15 is 0 Å². The van der Waals surface area contributed by atoms with Crippen molar-refractivity contribution in [3.63, 3.8) is 0 Å². The van der Waals surface area contributed by atoms with Crippen molar-refractivity contribution in [2.75, 3.05) is 4.90 Å². The monoisotopic (exact) mass is 411 g/mol. The number of aliphatic hydroxyl groups excluding tert-OH is 1. The van der Waals surface area contributed by atoms with Gasteiger partial charge in [0.2, 0.25) is 5.13 Å². The van der Waals surface area contributed by atoms with Gasteiger partial charge in [0.25, 0.3) is 5.78 Å². The highest BCUT2D eigenvalue weighted by atomic mass is 35.5. The predicted molar refractivity (Wildman–Crippen MR) is 107 cm³/mol. The molecule has 0 bridgehead atoms. The fourth-order valence-electron chi connectivity index (χ4n) is 3.13. The fourth-order valence-corrected chi connectivity index (χ4v) is 3.97. The first-order chi connectivity index (χ1) is 13.5. The summed E-state index contributed by atoms with van der Waals surface area (Å²) in [5, 5.41) is 20.4. The van der Waals surface area contributed by atoms with Crippen LogP contribution in [0.3, 0.4) is 0 Å². The van der Waals surface area contributed by atoms with Gasteiger partial charge in [-0.15, -0.1) is 10.2 Å². The maximum Gasteiger partial charge on any atom is 0.301 e. The van der Waals surface area contributed by atoms with E-state index in [0.717, 1.165) is 0 Å². The molecule has 2 heterocycles. The molecule has 4 rings (SSSR count). The van der Waals surface area contributed by atoms with E-state index < -0.39 is 17.7 Å². The molecule has 1 atom stereocenters. The number of hydrogen-bond acceptors (Lipinski definition) is 6. The Morgan fingerprint density at radius 2 is 1.75 bits per heavy atom. The first-order valence-electron chi connectivity index (χ1n) is 8.39. The molecule has 1 fully saturated rings. The number of aromatic nitrogens is 2. The van der Waals surface area contributed by atoms with E-state index in [-0.39, 0.29) is 11.3 Å². The summed E-state index contributed by atoms with van der Waals surface area (Å²) in [5.74, 6) is -1.78. The number of anilines is 1. The van der Waals surface area contributed by atoms with Gasteiger partial charge in [0, 0.05) is 10.6 Å². The van der Waals surface area contributed by atoms with E-state index in [0.29, 0.717) is 26.3 Å². The summed E-state index contributed by atoms with van der Waals surface area (Å²) in [6.07, 6.45) is 0. The number of carbonyl (C=O) groups is 2. The molecule has 1 amide bonds. The van der Waals surface area contributed by atoms with Gasteiger partial charge in [-0.3, -0.25) is 14.5 Å². The van der Waals surface area contributed by atoms with Crippen LogP contribution in [0.1, 0.15) is 22.2 Å². The van der Waals surface area contributed by atoms with Gasteiger partial charge in [-0.1, -0.05) is 53.3 Å². The molecule has 1 aromatic heterocycles. The van der Waals surface area contributed by atoms with E-state index in [4.69, 9.17) is 11.6 Å². The molecule has 1 aliphatic rings. The lowest BCUT2D eigenvalue weighted by Crippen LogP contribution is -2.29. The zero-order valence-electron chi connectivity index (χ0n) is 14.7. The Morgan fingerprint density at radius 3 is 2.36 bits per heavy atom. The van der Waals surface area contributed by atoms with Gasteiger partial charge >= 0.3 is 5.91 Å². The van der Waals surface area contributed by atoms with E-state index in [1.54, 1.807) is 43.3 Å². The number of halogens is 1. The van der Waals surface area contributed by atoms with Crippen LogP contribution in [0.5, 0.6) is 0 Å². The Bertz CT molecular complexity index is 1090. The molecule has 3 aromatic rings. The molecule has 140 valence electrons. The zero-order valence-corrected chi connectivity index (χ0v) is 16.2. The summed E-state index contributed by atoms with van der Waals surface area (Å²) in [5.41, 5.74) is 1.09. The molecule has 0 radical (unpaired) electrons. The molecule has 0 unspecified atom stereocenters. The number of Topliss-reactive ketones (excluding diaryl/α,β-unsaturated/α-hetero) is 1. The minimum absolute atomic E-state index is 0.00590. The average Bonchev–Trinajstić information content (AvgIpc) is 3.24. The van der Waals surface area contributed by atoms with Crippen LogP contribution in [0.4, 0.5) is 5.13 Å². The van der Waals surface area contributed by atoms with Crippen molar-refractivity contribution >= 4 is 45.5 Å². The molecule has 0 spiro atoms. The van der Waals surface area contributed by atoms with Crippen molar-refractivity contribution in [3.05, 3.63) is 81.3 Å². The molecule has 1 aliphatic heterocycles. The molecule has 6 nitrogen and oxygen atoms in total. The van der Waals surface area contributed by atoms with E-state index in [1.165, 1.54) is 16.2 Å². The molecule has 28 heavy (non-hydrogen) atoms. The van der Waals surface area contributed by atoms with E-state index in [2.05, 4.69) is 10.2 Å². The third-order valence-corrected chi connectivity index (χ3v) is 5.49. The molecular weight excluding hydrogens is 398 g/mol. The van der Waals surface area contributed by atoms with Crippen molar-refractivity contribution < 1.29 is 14.7 Å². The molecule has 2 aromatic carbocycles. The van der Waals surface area contributed by atoms with Crippen LogP contribution in [0.15, 0.2) is 60.2 Å². The predicted octanol–water partition coefficient (Wildman–Crippen LogP) is 4.13. The minimum atomic E-state index is -0.802. The summed E-state index contributed by atoms with van der Waals surface area (Å²) in [4.78, 5) is 27.0.